The van der Waals surface area contributed by atoms with Gasteiger partial charge in [-0.3, -0.25) is 4.68 Å². The summed E-state index contributed by atoms with van der Waals surface area (Å²) in [7, 11) is 3.85. The molecule has 6 nitrogen and oxygen atoms in total. The zero-order valence-electron chi connectivity index (χ0n) is 10.4. The first-order chi connectivity index (χ1) is 8.13. The Kier molecular flexibility index (Phi) is 3.03. The molecule has 0 aromatic carbocycles. The van der Waals surface area contributed by atoms with Crippen LogP contribution in [0, 0.1) is 0 Å². The average Bonchev–Trinajstić information content (AvgIpc) is 2.82. The summed E-state index contributed by atoms with van der Waals surface area (Å²) < 4.78 is 3.75. The maximum absolute atomic E-state index is 6.02. The Balaban J connectivity index is 2.14. The fourth-order valence-electron chi connectivity index (χ4n) is 1.80. The summed E-state index contributed by atoms with van der Waals surface area (Å²) in [4.78, 5) is 4.25. The Morgan fingerprint density at radius 2 is 2.18 bits per heavy atom. The molecule has 0 aliphatic rings. The third kappa shape index (κ3) is 2.11. The smallest absolute Gasteiger partial charge is 0.148 e. The van der Waals surface area contributed by atoms with Crippen LogP contribution >= 0.6 is 0 Å². The van der Waals surface area contributed by atoms with Crippen molar-refractivity contribution in [2.45, 2.75) is 19.9 Å². The lowest BCUT2D eigenvalue weighted by Crippen LogP contribution is -2.09. The summed E-state index contributed by atoms with van der Waals surface area (Å²) in [5.74, 6) is 1.81. The second kappa shape index (κ2) is 4.48. The van der Waals surface area contributed by atoms with Crippen molar-refractivity contribution in [3.63, 3.8) is 0 Å². The zero-order valence-corrected chi connectivity index (χ0v) is 10.4. The van der Waals surface area contributed by atoms with Crippen molar-refractivity contribution < 1.29 is 0 Å². The molecule has 2 rings (SSSR count). The molecule has 0 aliphatic heterocycles. The molecule has 0 bridgehead atoms. The number of aryl methyl sites for hydroxylation is 3. The highest BCUT2D eigenvalue weighted by molar-refractivity contribution is 5.64. The first kappa shape index (κ1) is 11.5. The van der Waals surface area contributed by atoms with Crippen LogP contribution < -0.4 is 11.1 Å². The lowest BCUT2D eigenvalue weighted by Gasteiger charge is -2.07. The van der Waals surface area contributed by atoms with Crippen LogP contribution in [0.25, 0.3) is 0 Å². The number of nitrogens with zero attached hydrogens (tertiary/aromatic N) is 4. The van der Waals surface area contributed by atoms with Gasteiger partial charge >= 0.3 is 0 Å². The quantitative estimate of drug-likeness (QED) is 0.824. The van der Waals surface area contributed by atoms with Crippen LogP contribution in [0.5, 0.6) is 0 Å². The number of nitrogen functional groups attached to an aromatic ring is 1. The van der Waals surface area contributed by atoms with E-state index in [-0.39, 0.29) is 0 Å². The molecule has 0 fully saturated rings. The predicted molar refractivity (Wildman–Crippen MR) is 67.5 cm³/mol. The Morgan fingerprint density at radius 3 is 2.71 bits per heavy atom. The number of aromatic nitrogens is 4. The van der Waals surface area contributed by atoms with Crippen LogP contribution in [-0.4, -0.2) is 19.3 Å². The first-order valence-corrected chi connectivity index (χ1v) is 5.65. The molecule has 0 atom stereocenters. The average molecular weight is 234 g/mol. The van der Waals surface area contributed by atoms with Crippen LogP contribution in [-0.2, 0) is 27.1 Å². The minimum atomic E-state index is 0.635. The summed E-state index contributed by atoms with van der Waals surface area (Å²) in [6, 6.07) is 0. The van der Waals surface area contributed by atoms with Crippen molar-refractivity contribution in [3.8, 4) is 0 Å². The van der Waals surface area contributed by atoms with E-state index in [4.69, 9.17) is 5.73 Å². The third-order valence-electron chi connectivity index (χ3n) is 2.83. The highest BCUT2D eigenvalue weighted by Crippen LogP contribution is 2.22. The van der Waals surface area contributed by atoms with E-state index in [2.05, 4.69) is 15.4 Å². The normalized spacial score (nSPS) is 10.8. The van der Waals surface area contributed by atoms with Gasteiger partial charge in [-0.05, 0) is 6.42 Å². The van der Waals surface area contributed by atoms with E-state index in [9.17, 15) is 0 Å². The predicted octanol–water partition coefficient (Wildman–Crippen LogP) is 0.910. The van der Waals surface area contributed by atoms with E-state index in [1.165, 1.54) is 0 Å². The van der Waals surface area contributed by atoms with Gasteiger partial charge in [0.1, 0.15) is 11.6 Å². The molecule has 2 heterocycles. The largest absolute Gasteiger partial charge is 0.394 e. The number of hydrogen-bond donors (Lipinski definition) is 2. The van der Waals surface area contributed by atoms with Crippen LogP contribution in [0.1, 0.15) is 18.4 Å². The fourth-order valence-corrected chi connectivity index (χ4v) is 1.80. The summed E-state index contributed by atoms with van der Waals surface area (Å²) in [5.41, 5.74) is 7.67. The van der Waals surface area contributed by atoms with Gasteiger partial charge in [-0.1, -0.05) is 6.92 Å². The van der Waals surface area contributed by atoms with Gasteiger partial charge in [-0.2, -0.15) is 5.10 Å². The molecule has 0 unspecified atom stereocenters. The van der Waals surface area contributed by atoms with Gasteiger partial charge in [0.25, 0.3) is 0 Å². The van der Waals surface area contributed by atoms with Crippen molar-refractivity contribution in [1.29, 1.82) is 0 Å². The Morgan fingerprint density at radius 1 is 1.41 bits per heavy atom. The standard InChI is InChI=1S/C11H18N6/c1-4-8-10(12)11(17(3)15-8)14-7-9-13-5-6-16(9)2/h5-6,14H,4,7,12H2,1-3H3. The number of anilines is 2. The van der Waals surface area contributed by atoms with Gasteiger partial charge in [-0.25, -0.2) is 4.98 Å². The van der Waals surface area contributed by atoms with E-state index in [0.29, 0.717) is 6.54 Å². The SMILES string of the molecule is CCc1nn(C)c(NCc2nccn2C)c1N. The molecule has 92 valence electrons. The molecule has 0 amide bonds. The van der Waals surface area contributed by atoms with E-state index in [0.717, 1.165) is 29.4 Å². The molecule has 17 heavy (non-hydrogen) atoms. The zero-order chi connectivity index (χ0) is 12.4. The lowest BCUT2D eigenvalue weighted by atomic mass is 10.3. The number of hydrogen-bond acceptors (Lipinski definition) is 4. The molecule has 0 saturated carbocycles. The van der Waals surface area contributed by atoms with Crippen LogP contribution in [0.2, 0.25) is 0 Å². The highest BCUT2D eigenvalue weighted by Gasteiger charge is 2.11. The van der Waals surface area contributed by atoms with Gasteiger partial charge < -0.3 is 15.6 Å². The molecule has 2 aromatic rings. The van der Waals surface area contributed by atoms with Crippen LogP contribution in [0.4, 0.5) is 11.5 Å². The molecule has 0 radical (unpaired) electrons. The van der Waals surface area contributed by atoms with E-state index in [1.807, 2.05) is 31.8 Å². The van der Waals surface area contributed by atoms with Crippen molar-refractivity contribution in [2.24, 2.45) is 14.1 Å². The van der Waals surface area contributed by atoms with Crippen molar-refractivity contribution in [3.05, 3.63) is 23.9 Å². The molecular weight excluding hydrogens is 216 g/mol. The monoisotopic (exact) mass is 234 g/mol. The molecule has 0 saturated heterocycles. The Hall–Kier alpha value is -1.98. The van der Waals surface area contributed by atoms with Gasteiger partial charge in [0.15, 0.2) is 0 Å². The van der Waals surface area contributed by atoms with Gasteiger partial charge in [0.05, 0.1) is 17.9 Å². The van der Waals surface area contributed by atoms with Gasteiger partial charge in [0, 0.05) is 26.5 Å². The number of rotatable bonds is 4. The number of nitrogens with one attached hydrogen (secondary N) is 1. The lowest BCUT2D eigenvalue weighted by molar-refractivity contribution is 0.740. The maximum atomic E-state index is 6.02. The third-order valence-corrected chi connectivity index (χ3v) is 2.83. The number of imidazole rings is 1. The Labute approximate surface area is 100 Å². The highest BCUT2D eigenvalue weighted by atomic mass is 15.3. The van der Waals surface area contributed by atoms with E-state index < -0.39 is 0 Å². The molecule has 2 aromatic heterocycles. The topological polar surface area (TPSA) is 73.7 Å². The second-order valence-electron chi connectivity index (χ2n) is 3.99. The molecule has 0 aliphatic carbocycles. The summed E-state index contributed by atoms with van der Waals surface area (Å²) in [6.07, 6.45) is 4.53. The molecule has 6 heteroatoms. The summed E-state index contributed by atoms with van der Waals surface area (Å²) in [6.45, 7) is 2.68. The second-order valence-corrected chi connectivity index (χ2v) is 3.99. The summed E-state index contributed by atoms with van der Waals surface area (Å²) >= 11 is 0. The van der Waals surface area contributed by atoms with Crippen LogP contribution in [0.3, 0.4) is 0 Å². The molecule has 0 spiro atoms. The fraction of sp³-hybridized carbons (Fsp3) is 0.455. The molecular formula is C11H18N6. The van der Waals surface area contributed by atoms with Gasteiger partial charge in [-0.15, -0.1) is 0 Å². The van der Waals surface area contributed by atoms with E-state index in [1.54, 1.807) is 10.9 Å². The minimum Gasteiger partial charge on any atom is -0.394 e. The first-order valence-electron chi connectivity index (χ1n) is 5.65. The number of nitrogens with two attached hydrogens (primary N) is 1. The Bertz CT molecular complexity index is 510. The minimum absolute atomic E-state index is 0.635. The molecule has 3 N–H and O–H groups in total. The maximum Gasteiger partial charge on any atom is 0.148 e. The van der Waals surface area contributed by atoms with Crippen LogP contribution in [0.15, 0.2) is 12.4 Å². The van der Waals surface area contributed by atoms with Crippen molar-refractivity contribution in [2.75, 3.05) is 11.1 Å². The summed E-state index contributed by atoms with van der Waals surface area (Å²) in [5, 5.41) is 7.62. The van der Waals surface area contributed by atoms with Gasteiger partial charge in [0.2, 0.25) is 0 Å². The van der Waals surface area contributed by atoms with E-state index >= 15 is 0 Å². The van der Waals surface area contributed by atoms with Crippen molar-refractivity contribution in [1.82, 2.24) is 19.3 Å². The van der Waals surface area contributed by atoms with Crippen molar-refractivity contribution >= 4 is 11.5 Å².